The largest absolute Gasteiger partial charge is 0.452 e. The summed E-state index contributed by atoms with van der Waals surface area (Å²) in [5.74, 6) is 1.36. The molecule has 8 nitrogen and oxygen atoms in total. The van der Waals surface area contributed by atoms with Crippen molar-refractivity contribution in [1.29, 1.82) is 0 Å². The highest BCUT2D eigenvalue weighted by Gasteiger charge is 2.27. The predicted molar refractivity (Wildman–Crippen MR) is 138 cm³/mol. The van der Waals surface area contributed by atoms with Crippen molar-refractivity contribution >= 4 is 34.0 Å². The minimum atomic E-state index is -1.00. The van der Waals surface area contributed by atoms with Gasteiger partial charge in [0.25, 0.3) is 0 Å². The third-order valence-electron chi connectivity index (χ3n) is 5.32. The van der Waals surface area contributed by atoms with Crippen molar-refractivity contribution in [3.63, 3.8) is 0 Å². The smallest absolute Gasteiger partial charge is 0.188 e. The number of aryl methyl sites for hydroxylation is 1. The van der Waals surface area contributed by atoms with Crippen LogP contribution in [0.2, 0.25) is 0 Å². The van der Waals surface area contributed by atoms with Crippen LogP contribution in [0, 0.1) is 12.8 Å². The molecule has 0 saturated carbocycles. The van der Waals surface area contributed by atoms with Gasteiger partial charge >= 0.3 is 0 Å². The minimum absolute atomic E-state index is 0.122. The van der Waals surface area contributed by atoms with E-state index in [1.54, 1.807) is 32.4 Å². The second-order valence-corrected chi connectivity index (χ2v) is 10.4. The number of pyridine rings is 3. The Morgan fingerprint density at radius 3 is 2.66 bits per heavy atom. The lowest BCUT2D eigenvalue weighted by Crippen LogP contribution is -2.35. The molecule has 0 radical (unpaired) electrons. The van der Waals surface area contributed by atoms with Crippen LogP contribution in [0.1, 0.15) is 25.2 Å². The van der Waals surface area contributed by atoms with E-state index in [1.807, 2.05) is 48.7 Å². The van der Waals surface area contributed by atoms with Crippen LogP contribution in [-0.4, -0.2) is 42.4 Å². The zero-order chi connectivity index (χ0) is 24.8. The van der Waals surface area contributed by atoms with E-state index in [0.29, 0.717) is 28.9 Å². The molecule has 4 aromatic heterocycles. The second-order valence-electron chi connectivity index (χ2n) is 8.48. The molecule has 0 amide bonds. The van der Waals surface area contributed by atoms with E-state index in [1.165, 1.54) is 23.1 Å². The summed E-state index contributed by atoms with van der Waals surface area (Å²) in [4.78, 5) is 18.8. The number of ether oxygens (including phenoxy) is 1. The maximum atomic E-state index is 10.3. The van der Waals surface area contributed by atoms with E-state index < -0.39 is 5.60 Å². The number of nitrogens with one attached hydrogen (secondary N) is 1. The van der Waals surface area contributed by atoms with Crippen LogP contribution in [-0.2, 0) is 6.42 Å². The quantitative estimate of drug-likeness (QED) is 0.264. The maximum absolute atomic E-state index is 10.3. The van der Waals surface area contributed by atoms with Crippen LogP contribution in [0.4, 0.5) is 10.9 Å². The Morgan fingerprint density at radius 1 is 1.11 bits per heavy atom. The monoisotopic (exact) mass is 509 g/mol. The molecule has 1 unspecified atom stereocenters. The van der Waals surface area contributed by atoms with Crippen LogP contribution >= 0.6 is 23.1 Å². The second kappa shape index (κ2) is 11.1. The van der Waals surface area contributed by atoms with E-state index >= 15 is 0 Å². The Bertz CT molecular complexity index is 1260. The van der Waals surface area contributed by atoms with Crippen LogP contribution < -0.4 is 10.1 Å². The molecule has 4 heterocycles. The van der Waals surface area contributed by atoms with Gasteiger partial charge in [-0.3, -0.25) is 4.98 Å². The SMILES string of the molecule is Cc1ncccc1Oc1cc(Sc2ccccn2)cnc1Nc1nc(CC(CO)C(C)(C)O)cs1. The van der Waals surface area contributed by atoms with E-state index in [2.05, 4.69) is 25.3 Å². The van der Waals surface area contributed by atoms with E-state index in [-0.39, 0.29) is 12.5 Å². The summed E-state index contributed by atoms with van der Waals surface area (Å²) in [5.41, 5.74) is 0.544. The lowest BCUT2D eigenvalue weighted by atomic mass is 9.88. The zero-order valence-corrected chi connectivity index (χ0v) is 21.3. The predicted octanol–water partition coefficient (Wildman–Crippen LogP) is 5.25. The van der Waals surface area contributed by atoms with Crippen LogP contribution in [0.15, 0.2) is 70.3 Å². The van der Waals surface area contributed by atoms with Gasteiger partial charge in [0.15, 0.2) is 16.7 Å². The number of nitrogens with zero attached hydrogens (tertiary/aromatic N) is 4. The third-order valence-corrected chi connectivity index (χ3v) is 7.03. The molecule has 35 heavy (non-hydrogen) atoms. The molecule has 0 fully saturated rings. The van der Waals surface area contributed by atoms with Crippen molar-refractivity contribution < 1.29 is 14.9 Å². The Hall–Kier alpha value is -3.05. The molecule has 0 aliphatic rings. The summed E-state index contributed by atoms with van der Waals surface area (Å²) < 4.78 is 6.21. The number of hydrogen-bond acceptors (Lipinski definition) is 10. The fraction of sp³-hybridized carbons (Fsp3) is 0.280. The normalized spacial score (nSPS) is 12.4. The van der Waals surface area contributed by atoms with Crippen molar-refractivity contribution in [2.75, 3.05) is 11.9 Å². The lowest BCUT2D eigenvalue weighted by molar-refractivity contribution is -0.00851. The summed E-state index contributed by atoms with van der Waals surface area (Å²) in [5, 5.41) is 26.6. The number of aliphatic hydroxyl groups is 2. The first kappa shape index (κ1) is 25.1. The molecule has 3 N–H and O–H groups in total. The van der Waals surface area contributed by atoms with Gasteiger partial charge in [-0.25, -0.2) is 15.0 Å². The summed E-state index contributed by atoms with van der Waals surface area (Å²) in [6.45, 7) is 5.15. The number of hydrogen-bond donors (Lipinski definition) is 3. The number of thiazole rings is 1. The van der Waals surface area contributed by atoms with Crippen molar-refractivity contribution in [2.24, 2.45) is 5.92 Å². The van der Waals surface area contributed by atoms with Gasteiger partial charge < -0.3 is 20.3 Å². The highest BCUT2D eigenvalue weighted by molar-refractivity contribution is 7.99. The number of aromatic nitrogens is 4. The lowest BCUT2D eigenvalue weighted by Gasteiger charge is -2.26. The first-order chi connectivity index (χ1) is 16.8. The van der Waals surface area contributed by atoms with Gasteiger partial charge in [0.2, 0.25) is 0 Å². The van der Waals surface area contributed by atoms with Crippen molar-refractivity contribution in [1.82, 2.24) is 19.9 Å². The standard InChI is InChI=1S/C25H27N5O3S2/c1-16-20(7-6-10-26-16)33-21-12-19(35-22-8-4-5-9-27-22)13-28-23(21)30-24-29-18(15-34-24)11-17(14-31)25(2,3)32/h4-10,12-13,15,17,31-32H,11,14H2,1-3H3,(H,28,29,30). The molecule has 10 heteroatoms. The number of anilines is 2. The van der Waals surface area contributed by atoms with Crippen molar-refractivity contribution in [3.05, 3.63) is 71.8 Å². The average Bonchev–Trinajstić information content (AvgIpc) is 3.27. The average molecular weight is 510 g/mol. The first-order valence-corrected chi connectivity index (χ1v) is 12.7. The summed E-state index contributed by atoms with van der Waals surface area (Å²) in [6, 6.07) is 11.3. The molecule has 182 valence electrons. The summed E-state index contributed by atoms with van der Waals surface area (Å²) in [7, 11) is 0. The topological polar surface area (TPSA) is 113 Å². The fourth-order valence-electron chi connectivity index (χ4n) is 3.23. The molecule has 0 bridgehead atoms. The van der Waals surface area contributed by atoms with Crippen molar-refractivity contribution in [2.45, 2.75) is 42.7 Å². The van der Waals surface area contributed by atoms with Crippen LogP contribution in [0.3, 0.4) is 0 Å². The fourth-order valence-corrected chi connectivity index (χ4v) is 4.72. The molecule has 4 aromatic rings. The molecule has 4 rings (SSSR count). The molecule has 0 aliphatic heterocycles. The van der Waals surface area contributed by atoms with Gasteiger partial charge in [0, 0.05) is 47.5 Å². The minimum Gasteiger partial charge on any atom is -0.452 e. The van der Waals surface area contributed by atoms with Crippen LogP contribution in [0.5, 0.6) is 11.5 Å². The first-order valence-electron chi connectivity index (χ1n) is 11.0. The van der Waals surface area contributed by atoms with Crippen LogP contribution in [0.25, 0.3) is 0 Å². The maximum Gasteiger partial charge on any atom is 0.188 e. The Labute approximate surface area is 212 Å². The molecule has 0 spiro atoms. The van der Waals surface area contributed by atoms with Gasteiger partial charge in [-0.05, 0) is 51.5 Å². The van der Waals surface area contributed by atoms with Gasteiger partial charge in [0.05, 0.1) is 17.0 Å². The number of aliphatic hydroxyl groups excluding tert-OH is 1. The Kier molecular flexibility index (Phi) is 7.97. The van der Waals surface area contributed by atoms with Gasteiger partial charge in [0.1, 0.15) is 10.8 Å². The molecule has 0 aliphatic carbocycles. The molecule has 0 saturated heterocycles. The Morgan fingerprint density at radius 2 is 1.94 bits per heavy atom. The van der Waals surface area contributed by atoms with E-state index in [9.17, 15) is 10.2 Å². The third kappa shape index (κ3) is 6.76. The summed E-state index contributed by atoms with van der Waals surface area (Å²) in [6.07, 6.45) is 5.69. The van der Waals surface area contributed by atoms with Gasteiger partial charge in [-0.1, -0.05) is 17.8 Å². The van der Waals surface area contributed by atoms with Crippen molar-refractivity contribution in [3.8, 4) is 11.5 Å². The molecule has 1 atom stereocenters. The van der Waals surface area contributed by atoms with E-state index in [4.69, 9.17) is 4.74 Å². The van der Waals surface area contributed by atoms with Gasteiger partial charge in [-0.15, -0.1) is 11.3 Å². The van der Waals surface area contributed by atoms with E-state index in [0.717, 1.165) is 21.3 Å². The Balaban J connectivity index is 1.59. The number of rotatable bonds is 10. The highest BCUT2D eigenvalue weighted by atomic mass is 32.2. The zero-order valence-electron chi connectivity index (χ0n) is 19.7. The summed E-state index contributed by atoms with van der Waals surface area (Å²) >= 11 is 2.91. The molecule has 0 aromatic carbocycles. The highest BCUT2D eigenvalue weighted by Crippen LogP contribution is 2.36. The molecular weight excluding hydrogens is 482 g/mol. The molecular formula is C25H27N5O3S2. The van der Waals surface area contributed by atoms with Gasteiger partial charge in [-0.2, -0.15) is 0 Å².